The molecule has 1 aliphatic carbocycles. The number of amidine groups is 1. The van der Waals surface area contributed by atoms with Crippen molar-refractivity contribution in [3.05, 3.63) is 59.7 Å². The van der Waals surface area contributed by atoms with Crippen molar-refractivity contribution in [3.63, 3.8) is 0 Å². The summed E-state index contributed by atoms with van der Waals surface area (Å²) in [6.07, 6.45) is 1.18. The highest BCUT2D eigenvalue weighted by Gasteiger charge is 2.34. The van der Waals surface area contributed by atoms with E-state index in [2.05, 4.69) is 24.3 Å². The second-order valence-corrected chi connectivity index (χ2v) is 7.61. The zero-order valence-electron chi connectivity index (χ0n) is 15.9. The normalized spacial score (nSPS) is 21.0. The van der Waals surface area contributed by atoms with Crippen LogP contribution in [0.1, 0.15) is 36.8 Å². The third-order valence-electron chi connectivity index (χ3n) is 5.98. The monoisotopic (exact) mass is 379 g/mol. The summed E-state index contributed by atoms with van der Waals surface area (Å²) in [6, 6.07) is 16.6. The molecule has 0 aromatic heterocycles. The van der Waals surface area contributed by atoms with Gasteiger partial charge in [-0.3, -0.25) is 16.1 Å². The minimum absolute atomic E-state index is 0.0321. The van der Waals surface area contributed by atoms with E-state index in [1.54, 1.807) is 4.90 Å². The van der Waals surface area contributed by atoms with E-state index in [0.29, 0.717) is 6.54 Å². The number of amides is 1. The fourth-order valence-electron chi connectivity index (χ4n) is 4.37. The lowest BCUT2D eigenvalue weighted by Crippen LogP contribution is -2.49. The molecule has 1 fully saturated rings. The molecule has 1 amide bonds. The average Bonchev–Trinajstić information content (AvgIpc) is 3.05. The first-order chi connectivity index (χ1) is 13.6. The number of ether oxygens (including phenoxy) is 1. The molecular weight excluding hydrogens is 354 g/mol. The Morgan fingerprint density at radius 1 is 1.14 bits per heavy atom. The lowest BCUT2D eigenvalue weighted by Gasteiger charge is -2.37. The Bertz CT molecular complexity index is 853. The van der Waals surface area contributed by atoms with E-state index < -0.39 is 0 Å². The molecule has 0 bridgehead atoms. The summed E-state index contributed by atoms with van der Waals surface area (Å²) in [7, 11) is 0. The number of piperidine rings is 1. The number of likely N-dealkylation sites (tertiary alicyclic amines) is 1. The summed E-state index contributed by atoms with van der Waals surface area (Å²) < 4.78 is 5.74. The van der Waals surface area contributed by atoms with Gasteiger partial charge in [0.05, 0.1) is 0 Å². The summed E-state index contributed by atoms with van der Waals surface area (Å²) >= 11 is 0. The molecule has 2 aromatic rings. The van der Waals surface area contributed by atoms with Crippen molar-refractivity contribution in [1.82, 2.24) is 10.4 Å². The molecule has 0 unspecified atom stereocenters. The molecule has 0 saturated carbocycles. The van der Waals surface area contributed by atoms with Crippen LogP contribution in [0.25, 0.3) is 11.1 Å². The van der Waals surface area contributed by atoms with Gasteiger partial charge in [-0.05, 0) is 42.0 Å². The average molecular weight is 379 g/mol. The summed E-state index contributed by atoms with van der Waals surface area (Å²) in [4.78, 5) is 14.5. The molecule has 1 aliphatic heterocycles. The highest BCUT2D eigenvalue weighted by Crippen LogP contribution is 2.44. The van der Waals surface area contributed by atoms with E-state index in [1.807, 2.05) is 36.7 Å². The van der Waals surface area contributed by atoms with E-state index in [1.165, 1.54) is 22.3 Å². The third-order valence-corrected chi connectivity index (χ3v) is 5.98. The predicted molar refractivity (Wildman–Crippen MR) is 107 cm³/mol. The maximum Gasteiger partial charge on any atom is 0.410 e. The number of carbonyl (C=O) groups is 1. The number of hydrogen-bond donors (Lipinski definition) is 3. The van der Waals surface area contributed by atoms with E-state index in [-0.39, 0.29) is 36.4 Å². The van der Waals surface area contributed by atoms with Gasteiger partial charge in [0.25, 0.3) is 0 Å². The maximum atomic E-state index is 12.8. The largest absolute Gasteiger partial charge is 0.448 e. The van der Waals surface area contributed by atoms with Crippen molar-refractivity contribution >= 4 is 11.9 Å². The SMILES string of the molecule is C[C@@H]1CC[C@@H](C(=N)NO)CN1C(=O)OCC1c2ccccc2-c2ccccc21. The molecular formula is C22H25N3O3. The van der Waals surface area contributed by atoms with E-state index in [4.69, 9.17) is 15.4 Å². The molecule has 2 aromatic carbocycles. The van der Waals surface area contributed by atoms with Gasteiger partial charge < -0.3 is 9.64 Å². The van der Waals surface area contributed by atoms with Gasteiger partial charge in [-0.2, -0.15) is 0 Å². The number of nitrogens with one attached hydrogen (secondary N) is 2. The third kappa shape index (κ3) is 3.24. The Morgan fingerprint density at radius 2 is 1.75 bits per heavy atom. The van der Waals surface area contributed by atoms with Crippen LogP contribution in [0.3, 0.4) is 0 Å². The number of carbonyl (C=O) groups excluding carboxylic acids is 1. The zero-order chi connectivity index (χ0) is 19.7. The van der Waals surface area contributed by atoms with Crippen molar-refractivity contribution in [3.8, 4) is 11.1 Å². The minimum Gasteiger partial charge on any atom is -0.448 e. The Balaban J connectivity index is 1.48. The molecule has 0 radical (unpaired) electrons. The number of hydrogen-bond acceptors (Lipinski definition) is 4. The fraction of sp³-hybridized carbons (Fsp3) is 0.364. The molecule has 3 N–H and O–H groups in total. The van der Waals surface area contributed by atoms with E-state index in [0.717, 1.165) is 12.8 Å². The fourth-order valence-corrected chi connectivity index (χ4v) is 4.37. The lowest BCUT2D eigenvalue weighted by molar-refractivity contribution is 0.0677. The molecule has 28 heavy (non-hydrogen) atoms. The van der Waals surface area contributed by atoms with Gasteiger partial charge in [0, 0.05) is 24.4 Å². The topological polar surface area (TPSA) is 85.7 Å². The van der Waals surface area contributed by atoms with Crippen LogP contribution in [0.5, 0.6) is 0 Å². The van der Waals surface area contributed by atoms with Gasteiger partial charge in [0.1, 0.15) is 12.4 Å². The molecule has 1 heterocycles. The van der Waals surface area contributed by atoms with Gasteiger partial charge in [-0.1, -0.05) is 48.5 Å². The van der Waals surface area contributed by atoms with Crippen LogP contribution in [0.4, 0.5) is 4.79 Å². The van der Waals surface area contributed by atoms with Gasteiger partial charge in [-0.15, -0.1) is 0 Å². The standard InChI is InChI=1S/C22H25N3O3/c1-14-10-11-15(21(23)24-27)12-25(14)22(26)28-13-20-18-8-4-2-6-16(18)17-7-3-5-9-19(17)20/h2-9,14-15,20,27H,10-13H2,1H3,(H2,23,24)/t14-,15-/m1/s1. The number of benzene rings is 2. The predicted octanol–water partition coefficient (Wildman–Crippen LogP) is 3.99. The highest BCUT2D eigenvalue weighted by molar-refractivity contribution is 5.82. The first kappa shape index (κ1) is 18.5. The first-order valence-corrected chi connectivity index (χ1v) is 9.70. The van der Waals surface area contributed by atoms with Gasteiger partial charge in [-0.25, -0.2) is 4.79 Å². The van der Waals surface area contributed by atoms with E-state index in [9.17, 15) is 4.79 Å². The second-order valence-electron chi connectivity index (χ2n) is 7.61. The van der Waals surface area contributed by atoms with Crippen molar-refractivity contribution in [2.45, 2.75) is 31.7 Å². The molecule has 1 saturated heterocycles. The van der Waals surface area contributed by atoms with Gasteiger partial charge in [0.2, 0.25) is 0 Å². The quantitative estimate of drug-likeness (QED) is 0.428. The number of rotatable bonds is 3. The van der Waals surface area contributed by atoms with Crippen molar-refractivity contribution in [1.29, 1.82) is 5.41 Å². The molecule has 2 atom stereocenters. The molecule has 6 nitrogen and oxygen atoms in total. The molecule has 146 valence electrons. The molecule has 2 aliphatic rings. The summed E-state index contributed by atoms with van der Waals surface area (Å²) in [5, 5.41) is 16.8. The van der Waals surface area contributed by atoms with Crippen LogP contribution >= 0.6 is 0 Å². The maximum absolute atomic E-state index is 12.8. The first-order valence-electron chi connectivity index (χ1n) is 9.70. The highest BCUT2D eigenvalue weighted by atomic mass is 16.6. The van der Waals surface area contributed by atoms with Crippen molar-refractivity contribution < 1.29 is 14.7 Å². The Labute approximate surface area is 164 Å². The molecule has 6 heteroatoms. The van der Waals surface area contributed by atoms with Crippen LogP contribution in [0.2, 0.25) is 0 Å². The van der Waals surface area contributed by atoms with Crippen molar-refractivity contribution in [2.24, 2.45) is 5.92 Å². The molecule has 0 spiro atoms. The summed E-state index contributed by atoms with van der Waals surface area (Å²) in [6.45, 7) is 2.66. The Hall–Kier alpha value is -2.86. The minimum atomic E-state index is -0.357. The molecule has 4 rings (SSSR count). The van der Waals surface area contributed by atoms with E-state index >= 15 is 0 Å². The Kier molecular flexibility index (Phi) is 5.05. The Morgan fingerprint density at radius 3 is 2.36 bits per heavy atom. The van der Waals surface area contributed by atoms with Crippen LogP contribution < -0.4 is 5.48 Å². The number of hydroxylamine groups is 1. The summed E-state index contributed by atoms with van der Waals surface area (Å²) in [5.74, 6) is -0.116. The lowest BCUT2D eigenvalue weighted by atomic mass is 9.93. The van der Waals surface area contributed by atoms with Crippen LogP contribution in [0.15, 0.2) is 48.5 Å². The smallest absolute Gasteiger partial charge is 0.410 e. The van der Waals surface area contributed by atoms with Crippen molar-refractivity contribution in [2.75, 3.05) is 13.2 Å². The van der Waals surface area contributed by atoms with Crippen LogP contribution in [0, 0.1) is 11.3 Å². The van der Waals surface area contributed by atoms with Gasteiger partial charge >= 0.3 is 6.09 Å². The number of nitrogens with zero attached hydrogens (tertiary/aromatic N) is 1. The second kappa shape index (κ2) is 7.64. The van der Waals surface area contributed by atoms with Crippen LogP contribution in [-0.2, 0) is 4.74 Å². The van der Waals surface area contributed by atoms with Crippen LogP contribution in [-0.4, -0.2) is 41.2 Å². The zero-order valence-corrected chi connectivity index (χ0v) is 15.9. The summed E-state index contributed by atoms with van der Waals surface area (Å²) in [5.41, 5.74) is 6.69. The number of fused-ring (bicyclic) bond motifs is 3. The van der Waals surface area contributed by atoms with Gasteiger partial charge in [0.15, 0.2) is 0 Å².